The molecule has 0 bridgehead atoms. The number of fused-ring (bicyclic) bond motifs is 1. The molecular formula is C11H18F2. The molecule has 0 radical (unpaired) electrons. The van der Waals surface area contributed by atoms with E-state index >= 15 is 0 Å². The van der Waals surface area contributed by atoms with Crippen LogP contribution in [0.4, 0.5) is 8.78 Å². The number of rotatable bonds is 2. The van der Waals surface area contributed by atoms with E-state index in [0.29, 0.717) is 11.8 Å². The van der Waals surface area contributed by atoms with Gasteiger partial charge in [0.25, 0.3) is 5.92 Å². The van der Waals surface area contributed by atoms with E-state index in [2.05, 4.69) is 0 Å². The summed E-state index contributed by atoms with van der Waals surface area (Å²) in [7, 11) is 0. The van der Waals surface area contributed by atoms with Crippen molar-refractivity contribution in [3.63, 3.8) is 0 Å². The molecule has 2 unspecified atom stereocenters. The van der Waals surface area contributed by atoms with Gasteiger partial charge < -0.3 is 0 Å². The molecule has 2 heteroatoms. The van der Waals surface area contributed by atoms with Gasteiger partial charge in [0.15, 0.2) is 0 Å². The van der Waals surface area contributed by atoms with Crippen molar-refractivity contribution in [2.75, 3.05) is 0 Å². The average molecular weight is 188 g/mol. The SMILES string of the molecule is CC(C)C1(C(C)(F)F)CC2CC2C1. The largest absolute Gasteiger partial charge is 0.251 e. The summed E-state index contributed by atoms with van der Waals surface area (Å²) < 4.78 is 27.1. The van der Waals surface area contributed by atoms with Crippen molar-refractivity contribution in [3.8, 4) is 0 Å². The zero-order chi connectivity index (χ0) is 9.85. The van der Waals surface area contributed by atoms with Gasteiger partial charge in [0.2, 0.25) is 0 Å². The summed E-state index contributed by atoms with van der Waals surface area (Å²) in [5.74, 6) is -1.11. The third-order valence-electron chi connectivity index (χ3n) is 4.30. The maximum atomic E-state index is 13.5. The molecule has 13 heavy (non-hydrogen) atoms. The topological polar surface area (TPSA) is 0 Å². The summed E-state index contributed by atoms with van der Waals surface area (Å²) >= 11 is 0. The van der Waals surface area contributed by atoms with Gasteiger partial charge in [0.1, 0.15) is 0 Å². The first-order valence-electron chi connectivity index (χ1n) is 5.24. The smallest absolute Gasteiger partial charge is 0.207 e. The summed E-state index contributed by atoms with van der Waals surface area (Å²) in [6.45, 7) is 5.00. The standard InChI is InChI=1S/C11H18F2/c1-7(2)11(10(3,12)13)5-8-4-9(8)6-11/h7-9H,4-6H2,1-3H3. The number of alkyl halides is 2. The lowest BCUT2D eigenvalue weighted by molar-refractivity contribution is -0.133. The van der Waals surface area contributed by atoms with Crippen molar-refractivity contribution in [3.05, 3.63) is 0 Å². The van der Waals surface area contributed by atoms with Crippen LogP contribution < -0.4 is 0 Å². The van der Waals surface area contributed by atoms with Gasteiger partial charge in [-0.2, -0.15) is 0 Å². The van der Waals surface area contributed by atoms with Crippen LogP contribution in [0.2, 0.25) is 0 Å². The van der Waals surface area contributed by atoms with E-state index in [1.807, 2.05) is 13.8 Å². The summed E-state index contributed by atoms with van der Waals surface area (Å²) in [4.78, 5) is 0. The third-order valence-corrected chi connectivity index (χ3v) is 4.30. The van der Waals surface area contributed by atoms with Crippen molar-refractivity contribution in [1.29, 1.82) is 0 Å². The first-order valence-corrected chi connectivity index (χ1v) is 5.24. The van der Waals surface area contributed by atoms with Gasteiger partial charge in [-0.3, -0.25) is 0 Å². The predicted octanol–water partition coefficient (Wildman–Crippen LogP) is 3.71. The van der Waals surface area contributed by atoms with E-state index in [9.17, 15) is 8.78 Å². The van der Waals surface area contributed by atoms with Crippen LogP contribution in [0.15, 0.2) is 0 Å². The van der Waals surface area contributed by atoms with Crippen LogP contribution in [0.1, 0.15) is 40.0 Å². The second-order valence-electron chi connectivity index (χ2n) is 5.36. The molecule has 0 aromatic heterocycles. The Morgan fingerprint density at radius 2 is 1.69 bits per heavy atom. The fourth-order valence-corrected chi connectivity index (χ4v) is 3.17. The molecule has 0 aliphatic heterocycles. The highest BCUT2D eigenvalue weighted by atomic mass is 19.3. The molecule has 0 N–H and O–H groups in total. The van der Waals surface area contributed by atoms with Crippen LogP contribution in [0.25, 0.3) is 0 Å². The second-order valence-corrected chi connectivity index (χ2v) is 5.36. The Balaban J connectivity index is 2.22. The minimum Gasteiger partial charge on any atom is -0.207 e. The van der Waals surface area contributed by atoms with E-state index < -0.39 is 11.3 Å². The second kappa shape index (κ2) is 2.46. The number of hydrogen-bond acceptors (Lipinski definition) is 0. The normalized spacial score (nSPS) is 43.8. The lowest BCUT2D eigenvalue weighted by atomic mass is 9.69. The minimum atomic E-state index is -2.49. The molecule has 2 aliphatic rings. The lowest BCUT2D eigenvalue weighted by Gasteiger charge is -2.40. The van der Waals surface area contributed by atoms with Gasteiger partial charge in [-0.15, -0.1) is 0 Å². The molecule has 0 aromatic rings. The Bertz CT molecular complexity index is 205. The minimum absolute atomic E-state index is 0.111. The van der Waals surface area contributed by atoms with Crippen molar-refractivity contribution in [2.45, 2.75) is 46.0 Å². The van der Waals surface area contributed by atoms with Gasteiger partial charge >= 0.3 is 0 Å². The van der Waals surface area contributed by atoms with Crippen LogP contribution in [0.5, 0.6) is 0 Å². The molecule has 76 valence electrons. The van der Waals surface area contributed by atoms with Crippen molar-refractivity contribution in [1.82, 2.24) is 0 Å². The predicted molar refractivity (Wildman–Crippen MR) is 48.7 cm³/mol. The molecule has 2 saturated carbocycles. The summed E-state index contributed by atoms with van der Waals surface area (Å²) in [5, 5.41) is 0. The lowest BCUT2D eigenvalue weighted by Crippen LogP contribution is -2.42. The molecular weight excluding hydrogens is 170 g/mol. The quantitative estimate of drug-likeness (QED) is 0.619. The highest BCUT2D eigenvalue weighted by Crippen LogP contribution is 2.66. The summed E-state index contributed by atoms with van der Waals surface area (Å²) in [6.07, 6.45) is 2.74. The number of halogens is 2. The number of hydrogen-bond donors (Lipinski definition) is 0. The molecule has 2 rings (SSSR count). The molecule has 2 atom stereocenters. The van der Waals surface area contributed by atoms with Gasteiger partial charge in [-0.05, 0) is 43.9 Å². The van der Waals surface area contributed by atoms with Gasteiger partial charge in [-0.1, -0.05) is 13.8 Å². The molecule has 0 amide bonds. The molecule has 2 fully saturated rings. The van der Waals surface area contributed by atoms with E-state index in [1.54, 1.807) is 0 Å². The molecule has 0 spiro atoms. The van der Waals surface area contributed by atoms with Gasteiger partial charge in [0.05, 0.1) is 0 Å². The molecule has 0 aromatic carbocycles. The summed E-state index contributed by atoms with van der Waals surface area (Å²) in [6, 6.07) is 0. The molecule has 0 nitrogen and oxygen atoms in total. The first kappa shape index (κ1) is 9.42. The van der Waals surface area contributed by atoms with E-state index in [-0.39, 0.29) is 5.92 Å². The van der Waals surface area contributed by atoms with Crippen LogP contribution in [-0.2, 0) is 0 Å². The van der Waals surface area contributed by atoms with Crippen molar-refractivity contribution in [2.24, 2.45) is 23.2 Å². The van der Waals surface area contributed by atoms with E-state index in [1.165, 1.54) is 6.42 Å². The zero-order valence-corrected chi connectivity index (χ0v) is 8.61. The van der Waals surface area contributed by atoms with Crippen molar-refractivity contribution >= 4 is 0 Å². The maximum Gasteiger partial charge on any atom is 0.251 e. The molecule has 0 heterocycles. The monoisotopic (exact) mass is 188 g/mol. The zero-order valence-electron chi connectivity index (χ0n) is 8.61. The Labute approximate surface area is 78.7 Å². The first-order chi connectivity index (χ1) is 5.87. The van der Waals surface area contributed by atoms with E-state index in [4.69, 9.17) is 0 Å². The van der Waals surface area contributed by atoms with Crippen LogP contribution in [0.3, 0.4) is 0 Å². The highest BCUT2D eigenvalue weighted by Gasteiger charge is 2.63. The molecule has 2 aliphatic carbocycles. The Morgan fingerprint density at radius 3 is 1.92 bits per heavy atom. The van der Waals surface area contributed by atoms with Crippen molar-refractivity contribution < 1.29 is 8.78 Å². The van der Waals surface area contributed by atoms with Gasteiger partial charge in [0, 0.05) is 5.41 Å². The highest BCUT2D eigenvalue weighted by molar-refractivity contribution is 5.08. The van der Waals surface area contributed by atoms with Crippen LogP contribution in [-0.4, -0.2) is 5.92 Å². The van der Waals surface area contributed by atoms with Gasteiger partial charge in [-0.25, -0.2) is 8.78 Å². The fraction of sp³-hybridized carbons (Fsp3) is 1.00. The van der Waals surface area contributed by atoms with E-state index in [0.717, 1.165) is 19.8 Å². The van der Waals surface area contributed by atoms with Crippen LogP contribution >= 0.6 is 0 Å². The fourth-order valence-electron chi connectivity index (χ4n) is 3.17. The Morgan fingerprint density at radius 1 is 1.23 bits per heavy atom. The maximum absolute atomic E-state index is 13.5. The third kappa shape index (κ3) is 1.21. The Kier molecular flexibility index (Phi) is 1.78. The summed E-state index contributed by atoms with van der Waals surface area (Å²) in [5.41, 5.74) is -0.680. The molecule has 0 saturated heterocycles. The average Bonchev–Trinajstić information content (AvgIpc) is 2.56. The Hall–Kier alpha value is -0.140. The van der Waals surface area contributed by atoms with Crippen LogP contribution in [0, 0.1) is 23.2 Å².